The van der Waals surface area contributed by atoms with Gasteiger partial charge in [-0.3, -0.25) is 9.59 Å². The molecule has 0 bridgehead atoms. The summed E-state index contributed by atoms with van der Waals surface area (Å²) in [4.78, 5) is 42.4. The maximum Gasteiger partial charge on any atom is 0.253 e. The van der Waals surface area contributed by atoms with Crippen LogP contribution in [0.3, 0.4) is 0 Å². The fraction of sp³-hybridized carbons (Fsp3) is 0.435. The molecule has 1 aliphatic heterocycles. The van der Waals surface area contributed by atoms with Gasteiger partial charge in [-0.25, -0.2) is 15.0 Å². The van der Waals surface area contributed by atoms with Crippen molar-refractivity contribution in [2.24, 2.45) is 0 Å². The van der Waals surface area contributed by atoms with E-state index in [4.69, 9.17) is 0 Å². The molecular weight excluding hydrogens is 438 g/mol. The van der Waals surface area contributed by atoms with Crippen LogP contribution in [-0.2, 0) is 4.79 Å². The van der Waals surface area contributed by atoms with E-state index in [1.54, 1.807) is 0 Å². The second kappa shape index (κ2) is 10.2. The number of piperazine rings is 1. The molecule has 2 amide bonds. The lowest BCUT2D eigenvalue weighted by atomic mass is 10.1. The van der Waals surface area contributed by atoms with Gasteiger partial charge in [0.25, 0.3) is 5.91 Å². The first-order valence-electron chi connectivity index (χ1n) is 11.1. The molecule has 33 heavy (non-hydrogen) atoms. The monoisotopic (exact) mass is 467 g/mol. The predicted octanol–water partition coefficient (Wildman–Crippen LogP) is 2.92. The molecule has 1 aliphatic rings. The molecule has 3 aromatic rings. The molecule has 0 saturated carbocycles. The molecule has 1 fully saturated rings. The number of aryl methyl sites for hydroxylation is 2. The van der Waals surface area contributed by atoms with Crippen molar-refractivity contribution >= 4 is 44.4 Å². The minimum Gasteiger partial charge on any atom is -0.354 e. The maximum absolute atomic E-state index is 12.8. The lowest BCUT2D eigenvalue weighted by Gasteiger charge is -2.32. The Morgan fingerprint density at radius 2 is 1.76 bits per heavy atom. The highest BCUT2D eigenvalue weighted by molar-refractivity contribution is 7.22. The molecule has 0 atom stereocenters. The third kappa shape index (κ3) is 6.02. The lowest BCUT2D eigenvalue weighted by molar-refractivity contribution is -0.116. The number of amides is 2. The third-order valence-corrected chi connectivity index (χ3v) is 6.45. The maximum atomic E-state index is 12.8. The number of nitrogens with zero attached hydrogens (tertiary/aromatic N) is 5. The first-order chi connectivity index (χ1) is 15.9. The zero-order valence-electron chi connectivity index (χ0n) is 19.2. The van der Waals surface area contributed by atoms with Crippen molar-refractivity contribution in [2.45, 2.75) is 26.7 Å². The van der Waals surface area contributed by atoms with Crippen LogP contribution in [0.1, 0.15) is 34.6 Å². The van der Waals surface area contributed by atoms with Crippen LogP contribution in [0.2, 0.25) is 0 Å². The lowest BCUT2D eigenvalue weighted by Crippen LogP contribution is -2.47. The molecule has 174 valence electrons. The summed E-state index contributed by atoms with van der Waals surface area (Å²) in [6.07, 6.45) is 1.01. The molecule has 4 rings (SSSR count). The molecule has 0 radical (unpaired) electrons. The van der Waals surface area contributed by atoms with Crippen molar-refractivity contribution in [3.63, 3.8) is 0 Å². The van der Waals surface area contributed by atoms with Crippen molar-refractivity contribution in [1.29, 1.82) is 0 Å². The van der Waals surface area contributed by atoms with Crippen molar-refractivity contribution < 1.29 is 9.59 Å². The molecular formula is C23H29N7O2S. The van der Waals surface area contributed by atoms with Crippen LogP contribution < -0.4 is 10.6 Å². The van der Waals surface area contributed by atoms with E-state index in [1.165, 1.54) is 11.3 Å². The molecule has 9 nitrogen and oxygen atoms in total. The number of carbonyl (C=O) groups excluding carboxylic acids is 2. The van der Waals surface area contributed by atoms with Crippen molar-refractivity contribution in [2.75, 3.05) is 50.4 Å². The molecule has 2 aromatic heterocycles. The summed E-state index contributed by atoms with van der Waals surface area (Å²) >= 11 is 1.39. The highest BCUT2D eigenvalue weighted by atomic mass is 32.1. The van der Waals surface area contributed by atoms with Crippen molar-refractivity contribution in [1.82, 2.24) is 24.8 Å². The molecule has 2 N–H and O–H groups in total. The smallest absolute Gasteiger partial charge is 0.253 e. The van der Waals surface area contributed by atoms with Gasteiger partial charge in [-0.1, -0.05) is 11.3 Å². The standard InChI is InChI=1S/C23H29N7O2S/c1-15-13-16(2)26-22(25-15)24-8-4-5-20(31)28-23-27-18-7-6-17(14-19(18)33-23)21(32)30-11-9-29(3)10-12-30/h6-7,13-14H,4-5,8-12H2,1-3H3,(H,24,25,26)(H,27,28,31). The van der Waals surface area contributed by atoms with Crippen LogP contribution in [0.4, 0.5) is 11.1 Å². The van der Waals surface area contributed by atoms with Crippen LogP contribution in [-0.4, -0.2) is 76.3 Å². The van der Waals surface area contributed by atoms with E-state index in [0.29, 0.717) is 36.0 Å². The van der Waals surface area contributed by atoms with E-state index >= 15 is 0 Å². The van der Waals surface area contributed by atoms with Crippen molar-refractivity contribution in [3.05, 3.63) is 41.2 Å². The van der Waals surface area contributed by atoms with E-state index in [-0.39, 0.29) is 11.8 Å². The van der Waals surface area contributed by atoms with E-state index < -0.39 is 0 Å². The number of hydrogen-bond acceptors (Lipinski definition) is 8. The normalized spacial score (nSPS) is 14.5. The van der Waals surface area contributed by atoms with E-state index in [0.717, 1.165) is 47.8 Å². The van der Waals surface area contributed by atoms with Gasteiger partial charge in [-0.2, -0.15) is 0 Å². The van der Waals surface area contributed by atoms with Gasteiger partial charge in [0.2, 0.25) is 11.9 Å². The summed E-state index contributed by atoms with van der Waals surface area (Å²) < 4.78 is 0.888. The van der Waals surface area contributed by atoms with Gasteiger partial charge >= 0.3 is 0 Å². The largest absolute Gasteiger partial charge is 0.354 e. The average Bonchev–Trinajstić information content (AvgIpc) is 3.17. The predicted molar refractivity (Wildman–Crippen MR) is 131 cm³/mol. The Balaban J connectivity index is 1.29. The SMILES string of the molecule is Cc1cc(C)nc(NCCCC(=O)Nc2nc3ccc(C(=O)N4CCN(C)CC4)cc3s2)n1. The average molecular weight is 468 g/mol. The van der Waals surface area contributed by atoms with Crippen LogP contribution in [0.15, 0.2) is 24.3 Å². The number of nitrogens with one attached hydrogen (secondary N) is 2. The van der Waals surface area contributed by atoms with Crippen molar-refractivity contribution in [3.8, 4) is 0 Å². The van der Waals surface area contributed by atoms with Crippen LogP contribution >= 0.6 is 11.3 Å². The number of benzene rings is 1. The summed E-state index contributed by atoms with van der Waals surface area (Å²) in [5.41, 5.74) is 3.26. The van der Waals surface area contributed by atoms with Gasteiger partial charge in [0, 0.05) is 56.1 Å². The number of likely N-dealkylation sites (N-methyl/N-ethyl adjacent to an activating group) is 1. The Labute approximate surface area is 197 Å². The van der Waals surface area contributed by atoms with E-state index in [1.807, 2.05) is 43.0 Å². The van der Waals surface area contributed by atoms with Gasteiger partial charge in [0.1, 0.15) is 0 Å². The summed E-state index contributed by atoms with van der Waals surface area (Å²) in [7, 11) is 2.07. The first kappa shape index (κ1) is 23.1. The van der Waals surface area contributed by atoms with Crippen LogP contribution in [0, 0.1) is 13.8 Å². The molecule has 0 spiro atoms. The fourth-order valence-electron chi connectivity index (χ4n) is 3.74. The Hall–Kier alpha value is -3.11. The Morgan fingerprint density at radius 1 is 1.03 bits per heavy atom. The summed E-state index contributed by atoms with van der Waals surface area (Å²) in [5, 5.41) is 6.58. The number of fused-ring (bicyclic) bond motifs is 1. The number of hydrogen-bond donors (Lipinski definition) is 2. The molecule has 1 aromatic carbocycles. The van der Waals surface area contributed by atoms with E-state index in [9.17, 15) is 9.59 Å². The van der Waals surface area contributed by atoms with Gasteiger partial charge in [0.05, 0.1) is 10.2 Å². The highest BCUT2D eigenvalue weighted by Crippen LogP contribution is 2.27. The molecule has 3 heterocycles. The van der Waals surface area contributed by atoms with E-state index in [2.05, 4.69) is 37.5 Å². The van der Waals surface area contributed by atoms with Gasteiger partial charge < -0.3 is 20.4 Å². The fourth-order valence-corrected chi connectivity index (χ4v) is 4.66. The number of carbonyl (C=O) groups is 2. The highest BCUT2D eigenvalue weighted by Gasteiger charge is 2.21. The number of rotatable bonds is 7. The second-order valence-corrected chi connectivity index (χ2v) is 9.38. The quantitative estimate of drug-likeness (QED) is 0.515. The number of thiazole rings is 1. The Kier molecular flexibility index (Phi) is 7.14. The van der Waals surface area contributed by atoms with Gasteiger partial charge in [-0.15, -0.1) is 0 Å². The zero-order valence-corrected chi connectivity index (χ0v) is 20.0. The van der Waals surface area contributed by atoms with Gasteiger partial charge in [0.15, 0.2) is 5.13 Å². The molecule has 0 aliphatic carbocycles. The Bertz CT molecular complexity index is 1130. The second-order valence-electron chi connectivity index (χ2n) is 8.35. The third-order valence-electron chi connectivity index (χ3n) is 5.52. The molecule has 10 heteroatoms. The summed E-state index contributed by atoms with van der Waals surface area (Å²) in [5.74, 6) is 0.538. The number of anilines is 2. The first-order valence-corrected chi connectivity index (χ1v) is 11.9. The minimum absolute atomic E-state index is 0.0456. The topological polar surface area (TPSA) is 103 Å². The van der Waals surface area contributed by atoms with Crippen LogP contribution in [0.25, 0.3) is 10.2 Å². The molecule has 0 unspecified atom stereocenters. The summed E-state index contributed by atoms with van der Waals surface area (Å²) in [6, 6.07) is 7.45. The minimum atomic E-state index is -0.0917. The van der Waals surface area contributed by atoms with Crippen LogP contribution in [0.5, 0.6) is 0 Å². The van der Waals surface area contributed by atoms with Gasteiger partial charge in [-0.05, 0) is 51.6 Å². The number of aromatic nitrogens is 3. The summed E-state index contributed by atoms with van der Waals surface area (Å²) in [6.45, 7) is 7.71. The Morgan fingerprint density at radius 3 is 2.48 bits per heavy atom. The molecule has 1 saturated heterocycles. The zero-order chi connectivity index (χ0) is 23.4.